The number of anilines is 1. The van der Waals surface area contributed by atoms with Crippen LogP contribution in [0.3, 0.4) is 0 Å². The quantitative estimate of drug-likeness (QED) is 0.710. The van der Waals surface area contributed by atoms with Crippen LogP contribution in [-0.2, 0) is 4.74 Å². The van der Waals surface area contributed by atoms with E-state index in [1.165, 1.54) is 25.0 Å². The number of benzene rings is 1. The van der Waals surface area contributed by atoms with Crippen LogP contribution in [0.4, 0.5) is 10.1 Å². The van der Waals surface area contributed by atoms with E-state index in [2.05, 4.69) is 11.8 Å². The van der Waals surface area contributed by atoms with Crippen molar-refractivity contribution < 1.29 is 13.9 Å². The first-order chi connectivity index (χ1) is 9.17. The second-order valence-electron chi connectivity index (χ2n) is 5.09. The number of nitrogens with zero attached hydrogens (tertiary/aromatic N) is 1. The van der Waals surface area contributed by atoms with Gasteiger partial charge in [0, 0.05) is 30.9 Å². The van der Waals surface area contributed by atoms with E-state index in [9.17, 15) is 9.18 Å². The van der Waals surface area contributed by atoms with Gasteiger partial charge >= 0.3 is 0 Å². The maximum atomic E-state index is 13.2. The van der Waals surface area contributed by atoms with Crippen LogP contribution in [0.5, 0.6) is 0 Å². The zero-order valence-corrected chi connectivity index (χ0v) is 11.4. The number of halogens is 1. The van der Waals surface area contributed by atoms with Crippen molar-refractivity contribution in [2.24, 2.45) is 5.92 Å². The zero-order chi connectivity index (χ0) is 13.8. The van der Waals surface area contributed by atoms with E-state index < -0.39 is 0 Å². The maximum absolute atomic E-state index is 13.2. The summed E-state index contributed by atoms with van der Waals surface area (Å²) in [6, 6.07) is 4.73. The highest BCUT2D eigenvalue weighted by Gasteiger charge is 2.32. The maximum Gasteiger partial charge on any atom is 0.152 e. The van der Waals surface area contributed by atoms with Crippen LogP contribution in [0.1, 0.15) is 30.1 Å². The highest BCUT2D eigenvalue weighted by molar-refractivity contribution is 5.84. The SMILES string of the molecule is COCCN(c1ccc(F)cc1C=O)C(C)C1CC1. The fourth-order valence-corrected chi connectivity index (χ4v) is 2.45. The zero-order valence-electron chi connectivity index (χ0n) is 11.4. The number of methoxy groups -OCH3 is 1. The molecule has 1 atom stereocenters. The van der Waals surface area contributed by atoms with Gasteiger partial charge in [0.1, 0.15) is 5.82 Å². The Labute approximate surface area is 113 Å². The number of aldehydes is 1. The molecule has 1 aromatic carbocycles. The third-order valence-electron chi connectivity index (χ3n) is 3.76. The number of rotatable bonds is 7. The van der Waals surface area contributed by atoms with Gasteiger partial charge in [0.2, 0.25) is 0 Å². The van der Waals surface area contributed by atoms with Crippen LogP contribution < -0.4 is 4.90 Å². The molecule has 0 radical (unpaired) electrons. The smallest absolute Gasteiger partial charge is 0.152 e. The van der Waals surface area contributed by atoms with Crippen LogP contribution in [0.25, 0.3) is 0 Å². The first kappa shape index (κ1) is 14.0. The molecule has 0 bridgehead atoms. The Morgan fingerprint density at radius 2 is 2.26 bits per heavy atom. The van der Waals surface area contributed by atoms with Gasteiger partial charge in [-0.1, -0.05) is 0 Å². The third kappa shape index (κ3) is 3.32. The van der Waals surface area contributed by atoms with Gasteiger partial charge in [-0.3, -0.25) is 4.79 Å². The molecule has 1 unspecified atom stereocenters. The van der Waals surface area contributed by atoms with E-state index in [0.29, 0.717) is 30.7 Å². The number of hydrogen-bond donors (Lipinski definition) is 0. The van der Waals surface area contributed by atoms with Crippen LogP contribution in [0.2, 0.25) is 0 Å². The molecular weight excluding hydrogens is 245 g/mol. The average Bonchev–Trinajstić information content (AvgIpc) is 3.24. The monoisotopic (exact) mass is 265 g/mol. The molecule has 4 heteroatoms. The summed E-state index contributed by atoms with van der Waals surface area (Å²) in [5.41, 5.74) is 1.21. The molecule has 0 spiro atoms. The van der Waals surface area contributed by atoms with Crippen LogP contribution in [-0.4, -0.2) is 32.6 Å². The average molecular weight is 265 g/mol. The molecule has 0 amide bonds. The minimum atomic E-state index is -0.378. The van der Waals surface area contributed by atoms with Gasteiger partial charge < -0.3 is 9.64 Å². The van der Waals surface area contributed by atoms with Crippen molar-refractivity contribution in [2.75, 3.05) is 25.2 Å². The summed E-state index contributed by atoms with van der Waals surface area (Å²) in [5, 5.41) is 0. The van der Waals surface area contributed by atoms with Crippen LogP contribution >= 0.6 is 0 Å². The molecule has 2 rings (SSSR count). The fraction of sp³-hybridized carbons (Fsp3) is 0.533. The van der Waals surface area contributed by atoms with E-state index >= 15 is 0 Å². The van der Waals surface area contributed by atoms with Crippen molar-refractivity contribution in [2.45, 2.75) is 25.8 Å². The minimum Gasteiger partial charge on any atom is -0.383 e. The molecule has 0 N–H and O–H groups in total. The molecular formula is C15H20FNO2. The highest BCUT2D eigenvalue weighted by atomic mass is 19.1. The normalized spacial score (nSPS) is 16.2. The highest BCUT2D eigenvalue weighted by Crippen LogP contribution is 2.37. The van der Waals surface area contributed by atoms with E-state index in [1.54, 1.807) is 13.2 Å². The predicted octanol–water partition coefficient (Wildman–Crippen LogP) is 2.89. The van der Waals surface area contributed by atoms with Crippen molar-refractivity contribution in [3.05, 3.63) is 29.6 Å². The number of carbonyl (C=O) groups is 1. The Kier molecular flexibility index (Phi) is 4.53. The van der Waals surface area contributed by atoms with Crippen LogP contribution in [0, 0.1) is 11.7 Å². The lowest BCUT2D eigenvalue weighted by molar-refractivity contribution is 0.112. The molecule has 1 saturated carbocycles. The lowest BCUT2D eigenvalue weighted by atomic mass is 10.1. The predicted molar refractivity (Wildman–Crippen MR) is 73.2 cm³/mol. The number of hydrogen-bond acceptors (Lipinski definition) is 3. The first-order valence-corrected chi connectivity index (χ1v) is 6.67. The Balaban J connectivity index is 2.27. The summed E-state index contributed by atoms with van der Waals surface area (Å²) in [7, 11) is 1.66. The topological polar surface area (TPSA) is 29.5 Å². The molecule has 0 aliphatic heterocycles. The summed E-state index contributed by atoms with van der Waals surface area (Å²) in [6.45, 7) is 3.46. The lowest BCUT2D eigenvalue weighted by Crippen LogP contribution is -2.38. The summed E-state index contributed by atoms with van der Waals surface area (Å²) in [5.74, 6) is 0.290. The van der Waals surface area contributed by atoms with Gasteiger partial charge in [-0.05, 0) is 43.9 Å². The Morgan fingerprint density at radius 3 is 2.84 bits per heavy atom. The fourth-order valence-electron chi connectivity index (χ4n) is 2.45. The minimum absolute atomic E-state index is 0.347. The van der Waals surface area contributed by atoms with Gasteiger partial charge in [0.15, 0.2) is 6.29 Å². The van der Waals surface area contributed by atoms with Crippen molar-refractivity contribution >= 4 is 12.0 Å². The van der Waals surface area contributed by atoms with Gasteiger partial charge in [0.25, 0.3) is 0 Å². The summed E-state index contributed by atoms with van der Waals surface area (Å²) in [6.07, 6.45) is 3.17. The summed E-state index contributed by atoms with van der Waals surface area (Å²) >= 11 is 0. The molecule has 1 aliphatic carbocycles. The molecule has 1 fully saturated rings. The molecule has 0 aromatic heterocycles. The van der Waals surface area contributed by atoms with Gasteiger partial charge in [0.05, 0.1) is 6.61 Å². The van der Waals surface area contributed by atoms with Gasteiger partial charge in [-0.25, -0.2) is 4.39 Å². The van der Waals surface area contributed by atoms with Gasteiger partial charge in [-0.2, -0.15) is 0 Å². The van der Waals surface area contributed by atoms with Crippen LogP contribution in [0.15, 0.2) is 18.2 Å². The summed E-state index contributed by atoms with van der Waals surface area (Å²) < 4.78 is 18.4. The Hall–Kier alpha value is -1.42. The first-order valence-electron chi connectivity index (χ1n) is 6.67. The molecule has 19 heavy (non-hydrogen) atoms. The van der Waals surface area contributed by atoms with Crippen molar-refractivity contribution in [3.8, 4) is 0 Å². The molecule has 1 aromatic rings. The number of ether oxygens (including phenoxy) is 1. The third-order valence-corrected chi connectivity index (χ3v) is 3.76. The van der Waals surface area contributed by atoms with E-state index in [4.69, 9.17) is 4.74 Å². The molecule has 1 aliphatic rings. The second-order valence-corrected chi connectivity index (χ2v) is 5.09. The summed E-state index contributed by atoms with van der Waals surface area (Å²) in [4.78, 5) is 13.3. The molecule has 3 nitrogen and oxygen atoms in total. The van der Waals surface area contributed by atoms with Gasteiger partial charge in [-0.15, -0.1) is 0 Å². The number of carbonyl (C=O) groups excluding carboxylic acids is 1. The Bertz CT molecular complexity index is 446. The van der Waals surface area contributed by atoms with Crippen molar-refractivity contribution in [1.82, 2.24) is 0 Å². The molecule has 0 saturated heterocycles. The molecule has 0 heterocycles. The van der Waals surface area contributed by atoms with E-state index in [1.807, 2.05) is 0 Å². The van der Waals surface area contributed by atoms with E-state index in [-0.39, 0.29) is 5.82 Å². The molecule has 104 valence electrons. The standard InChI is InChI=1S/C15H20FNO2/c1-11(12-3-4-12)17(7-8-19-2)15-6-5-14(16)9-13(15)10-18/h5-6,9-12H,3-4,7-8H2,1-2H3. The lowest BCUT2D eigenvalue weighted by Gasteiger charge is -2.32. The Morgan fingerprint density at radius 1 is 1.53 bits per heavy atom. The second kappa shape index (κ2) is 6.15. The van der Waals surface area contributed by atoms with E-state index in [0.717, 1.165) is 12.0 Å². The largest absolute Gasteiger partial charge is 0.383 e. The van der Waals surface area contributed by atoms with Crippen molar-refractivity contribution in [1.29, 1.82) is 0 Å². The van der Waals surface area contributed by atoms with Crippen molar-refractivity contribution in [3.63, 3.8) is 0 Å².